The van der Waals surface area contributed by atoms with Crippen molar-refractivity contribution < 1.29 is 14.0 Å². The highest BCUT2D eigenvalue weighted by atomic mass is 19.1. The van der Waals surface area contributed by atoms with Gasteiger partial charge in [-0.1, -0.05) is 36.4 Å². The molecule has 3 aromatic rings. The van der Waals surface area contributed by atoms with E-state index in [2.05, 4.69) is 10.3 Å². The SMILES string of the molecule is CC(C)N(Cc1ccccc1)C(=O)c1ccnc(C(=O)Nc2cccc(F)c2)c1. The van der Waals surface area contributed by atoms with E-state index in [1.807, 2.05) is 44.2 Å². The summed E-state index contributed by atoms with van der Waals surface area (Å²) in [5, 5.41) is 2.59. The number of hydrogen-bond acceptors (Lipinski definition) is 3. The molecule has 0 unspecified atom stereocenters. The predicted molar refractivity (Wildman–Crippen MR) is 110 cm³/mol. The fourth-order valence-electron chi connectivity index (χ4n) is 2.88. The van der Waals surface area contributed by atoms with Crippen LogP contribution >= 0.6 is 0 Å². The van der Waals surface area contributed by atoms with E-state index in [9.17, 15) is 14.0 Å². The zero-order valence-electron chi connectivity index (χ0n) is 16.3. The van der Waals surface area contributed by atoms with Crippen molar-refractivity contribution in [3.63, 3.8) is 0 Å². The van der Waals surface area contributed by atoms with E-state index in [-0.39, 0.29) is 17.6 Å². The molecule has 0 fully saturated rings. The molecule has 0 aliphatic rings. The van der Waals surface area contributed by atoms with Gasteiger partial charge in [-0.15, -0.1) is 0 Å². The summed E-state index contributed by atoms with van der Waals surface area (Å²) >= 11 is 0. The maximum atomic E-state index is 13.3. The Hall–Kier alpha value is -3.54. The molecule has 1 N–H and O–H groups in total. The van der Waals surface area contributed by atoms with Gasteiger partial charge in [0.25, 0.3) is 11.8 Å². The summed E-state index contributed by atoms with van der Waals surface area (Å²) in [7, 11) is 0. The Bertz CT molecular complexity index is 1010. The second kappa shape index (κ2) is 9.10. The van der Waals surface area contributed by atoms with Gasteiger partial charge in [-0.3, -0.25) is 14.6 Å². The number of amides is 2. The Kier molecular flexibility index (Phi) is 6.34. The van der Waals surface area contributed by atoms with E-state index < -0.39 is 11.7 Å². The topological polar surface area (TPSA) is 62.3 Å². The van der Waals surface area contributed by atoms with Gasteiger partial charge in [0.2, 0.25) is 0 Å². The van der Waals surface area contributed by atoms with E-state index in [1.54, 1.807) is 17.0 Å². The van der Waals surface area contributed by atoms with Crippen LogP contribution in [0.3, 0.4) is 0 Å². The maximum absolute atomic E-state index is 13.3. The van der Waals surface area contributed by atoms with Gasteiger partial charge >= 0.3 is 0 Å². The summed E-state index contributed by atoms with van der Waals surface area (Å²) in [6.07, 6.45) is 1.43. The molecule has 0 aliphatic heterocycles. The largest absolute Gasteiger partial charge is 0.332 e. The molecule has 29 heavy (non-hydrogen) atoms. The Balaban J connectivity index is 1.79. The number of pyridine rings is 1. The summed E-state index contributed by atoms with van der Waals surface area (Å²) < 4.78 is 13.3. The quantitative estimate of drug-likeness (QED) is 0.672. The van der Waals surface area contributed by atoms with Crippen LogP contribution < -0.4 is 5.32 Å². The van der Waals surface area contributed by atoms with Gasteiger partial charge in [0.15, 0.2) is 0 Å². The monoisotopic (exact) mass is 391 g/mol. The van der Waals surface area contributed by atoms with Crippen molar-refractivity contribution in [1.29, 1.82) is 0 Å². The Morgan fingerprint density at radius 2 is 1.79 bits per heavy atom. The van der Waals surface area contributed by atoms with Crippen molar-refractivity contribution in [2.45, 2.75) is 26.4 Å². The summed E-state index contributed by atoms with van der Waals surface area (Å²) in [6.45, 7) is 4.35. The van der Waals surface area contributed by atoms with Crippen LogP contribution in [0.1, 0.15) is 40.3 Å². The van der Waals surface area contributed by atoms with Crippen LogP contribution in [0.15, 0.2) is 72.9 Å². The minimum Gasteiger partial charge on any atom is -0.332 e. The number of carbonyl (C=O) groups excluding carboxylic acids is 2. The maximum Gasteiger partial charge on any atom is 0.274 e. The first-order chi connectivity index (χ1) is 13.9. The zero-order chi connectivity index (χ0) is 20.8. The van der Waals surface area contributed by atoms with Crippen LogP contribution in [-0.2, 0) is 6.54 Å². The molecule has 0 saturated carbocycles. The molecule has 0 spiro atoms. The van der Waals surface area contributed by atoms with E-state index >= 15 is 0 Å². The average molecular weight is 391 g/mol. The fraction of sp³-hybridized carbons (Fsp3) is 0.174. The number of nitrogens with zero attached hydrogens (tertiary/aromatic N) is 2. The minimum absolute atomic E-state index is 0.0274. The molecule has 2 amide bonds. The van der Waals surface area contributed by atoms with Crippen molar-refractivity contribution in [3.8, 4) is 0 Å². The molecule has 3 rings (SSSR count). The van der Waals surface area contributed by atoms with Crippen LogP contribution in [0.5, 0.6) is 0 Å². The molecule has 0 atom stereocenters. The second-order valence-corrected chi connectivity index (χ2v) is 6.91. The van der Waals surface area contributed by atoms with E-state index in [0.717, 1.165) is 5.56 Å². The highest BCUT2D eigenvalue weighted by Crippen LogP contribution is 2.15. The lowest BCUT2D eigenvalue weighted by Crippen LogP contribution is -2.36. The number of aromatic nitrogens is 1. The fourth-order valence-corrected chi connectivity index (χ4v) is 2.88. The number of benzene rings is 2. The van der Waals surface area contributed by atoms with Crippen molar-refractivity contribution in [3.05, 3.63) is 95.6 Å². The summed E-state index contributed by atoms with van der Waals surface area (Å²) in [5.74, 6) is -1.15. The number of halogens is 1. The van der Waals surface area contributed by atoms with Crippen LogP contribution in [0, 0.1) is 5.82 Å². The van der Waals surface area contributed by atoms with Crippen LogP contribution in [0.4, 0.5) is 10.1 Å². The third kappa shape index (κ3) is 5.25. The Labute approximate surface area is 169 Å². The second-order valence-electron chi connectivity index (χ2n) is 6.91. The van der Waals surface area contributed by atoms with Gasteiger partial charge < -0.3 is 10.2 Å². The lowest BCUT2D eigenvalue weighted by Gasteiger charge is -2.27. The van der Waals surface area contributed by atoms with Gasteiger partial charge in [0.05, 0.1) is 0 Å². The molecule has 5 nitrogen and oxygen atoms in total. The Morgan fingerprint density at radius 1 is 1.03 bits per heavy atom. The first-order valence-corrected chi connectivity index (χ1v) is 9.32. The molecule has 0 saturated heterocycles. The van der Waals surface area contributed by atoms with Crippen LogP contribution in [0.2, 0.25) is 0 Å². The van der Waals surface area contributed by atoms with Crippen LogP contribution in [0.25, 0.3) is 0 Å². The van der Waals surface area contributed by atoms with E-state index in [1.165, 1.54) is 30.5 Å². The molecule has 0 aliphatic carbocycles. The molecule has 1 aromatic heterocycles. The summed E-state index contributed by atoms with van der Waals surface area (Å²) in [4.78, 5) is 31.3. The number of rotatable bonds is 6. The highest BCUT2D eigenvalue weighted by molar-refractivity contribution is 6.04. The molecule has 2 aromatic carbocycles. The van der Waals surface area contributed by atoms with Gasteiger partial charge in [-0.25, -0.2) is 4.39 Å². The van der Waals surface area contributed by atoms with E-state index in [4.69, 9.17) is 0 Å². The summed E-state index contributed by atoms with van der Waals surface area (Å²) in [6, 6.07) is 18.3. The molecule has 0 bridgehead atoms. The van der Waals surface area contributed by atoms with Gasteiger partial charge in [-0.05, 0) is 49.7 Å². The average Bonchev–Trinajstić information content (AvgIpc) is 2.72. The smallest absolute Gasteiger partial charge is 0.274 e. The molecule has 6 heteroatoms. The first kappa shape index (κ1) is 20.2. The third-order valence-electron chi connectivity index (χ3n) is 4.40. The third-order valence-corrected chi connectivity index (χ3v) is 4.40. The number of carbonyl (C=O) groups is 2. The van der Waals surface area contributed by atoms with Gasteiger partial charge in [0.1, 0.15) is 11.5 Å². The molecule has 0 radical (unpaired) electrons. The molecular formula is C23H22FN3O2. The highest BCUT2D eigenvalue weighted by Gasteiger charge is 2.20. The zero-order valence-corrected chi connectivity index (χ0v) is 16.3. The standard InChI is InChI=1S/C23H22FN3O2/c1-16(2)27(15-17-7-4-3-5-8-17)23(29)18-11-12-25-21(13-18)22(28)26-20-10-6-9-19(24)14-20/h3-14,16H,15H2,1-2H3,(H,26,28). The number of nitrogens with one attached hydrogen (secondary N) is 1. The molecule has 1 heterocycles. The van der Waals surface area contributed by atoms with Gasteiger partial charge in [-0.2, -0.15) is 0 Å². The van der Waals surface area contributed by atoms with Crippen molar-refractivity contribution in [1.82, 2.24) is 9.88 Å². The first-order valence-electron chi connectivity index (χ1n) is 9.32. The minimum atomic E-state index is -0.510. The molecule has 148 valence electrons. The predicted octanol–water partition coefficient (Wildman–Crippen LogP) is 4.52. The lowest BCUT2D eigenvalue weighted by atomic mass is 10.1. The summed E-state index contributed by atoms with van der Waals surface area (Å²) in [5.41, 5.74) is 1.80. The van der Waals surface area contributed by atoms with Crippen molar-refractivity contribution in [2.24, 2.45) is 0 Å². The van der Waals surface area contributed by atoms with E-state index in [0.29, 0.717) is 17.8 Å². The normalized spacial score (nSPS) is 10.6. The van der Waals surface area contributed by atoms with Crippen LogP contribution in [-0.4, -0.2) is 27.7 Å². The Morgan fingerprint density at radius 3 is 2.48 bits per heavy atom. The molecular weight excluding hydrogens is 369 g/mol. The number of hydrogen-bond donors (Lipinski definition) is 1. The van der Waals surface area contributed by atoms with Crippen molar-refractivity contribution in [2.75, 3.05) is 5.32 Å². The lowest BCUT2D eigenvalue weighted by molar-refractivity contribution is 0.0690. The van der Waals surface area contributed by atoms with Crippen molar-refractivity contribution >= 4 is 17.5 Å². The van der Waals surface area contributed by atoms with Gasteiger partial charge in [0, 0.05) is 30.0 Å². The number of anilines is 1.